The molecule has 23 heavy (non-hydrogen) atoms. The number of methoxy groups -OCH3 is 1. The van der Waals surface area contributed by atoms with Crippen LogP contribution < -0.4 is 9.47 Å². The monoisotopic (exact) mass is 313 g/mol. The van der Waals surface area contributed by atoms with Crippen molar-refractivity contribution in [2.45, 2.75) is 12.6 Å². The standard InChI is InChI=1S/C18H19NO4/c1-22-15-8-7-14-12-19(9-10-23-16(14)11-15)17(18(20)21)13-5-3-2-4-6-13/h2-8,11,17H,9-10,12H2,1H3,(H,20,21). The van der Waals surface area contributed by atoms with Crippen LogP contribution in [0, 0.1) is 0 Å². The minimum atomic E-state index is -0.854. The molecule has 0 saturated carbocycles. The maximum Gasteiger partial charge on any atom is 0.325 e. The van der Waals surface area contributed by atoms with Crippen molar-refractivity contribution in [1.82, 2.24) is 4.90 Å². The summed E-state index contributed by atoms with van der Waals surface area (Å²) in [6.07, 6.45) is 0. The van der Waals surface area contributed by atoms with E-state index in [1.54, 1.807) is 7.11 Å². The average molecular weight is 313 g/mol. The Balaban J connectivity index is 1.91. The van der Waals surface area contributed by atoms with Gasteiger partial charge in [-0.05, 0) is 11.6 Å². The lowest BCUT2D eigenvalue weighted by atomic mass is 10.0. The molecule has 0 fully saturated rings. The van der Waals surface area contributed by atoms with E-state index < -0.39 is 12.0 Å². The van der Waals surface area contributed by atoms with Crippen LogP contribution in [-0.4, -0.2) is 36.2 Å². The van der Waals surface area contributed by atoms with E-state index >= 15 is 0 Å². The number of ether oxygens (including phenoxy) is 2. The highest BCUT2D eigenvalue weighted by Gasteiger charge is 2.29. The van der Waals surface area contributed by atoms with Gasteiger partial charge < -0.3 is 14.6 Å². The van der Waals surface area contributed by atoms with Gasteiger partial charge in [-0.2, -0.15) is 0 Å². The van der Waals surface area contributed by atoms with Crippen molar-refractivity contribution < 1.29 is 19.4 Å². The number of carboxylic acids is 1. The molecule has 1 aliphatic rings. The minimum Gasteiger partial charge on any atom is -0.497 e. The topological polar surface area (TPSA) is 59.0 Å². The van der Waals surface area contributed by atoms with E-state index in [0.717, 1.165) is 22.6 Å². The number of carboxylic acid groups (broad SMARTS) is 1. The normalized spacial score (nSPS) is 15.9. The summed E-state index contributed by atoms with van der Waals surface area (Å²) in [4.78, 5) is 13.7. The zero-order valence-electron chi connectivity index (χ0n) is 12.9. The van der Waals surface area contributed by atoms with Gasteiger partial charge in [-0.25, -0.2) is 0 Å². The van der Waals surface area contributed by atoms with Crippen molar-refractivity contribution in [3.05, 3.63) is 59.7 Å². The first kappa shape index (κ1) is 15.4. The van der Waals surface area contributed by atoms with Crippen molar-refractivity contribution >= 4 is 5.97 Å². The van der Waals surface area contributed by atoms with Crippen LogP contribution in [0.1, 0.15) is 17.2 Å². The molecule has 0 saturated heterocycles. The summed E-state index contributed by atoms with van der Waals surface area (Å²) >= 11 is 0. The molecular formula is C18H19NO4. The predicted octanol–water partition coefficient (Wildman–Crippen LogP) is 2.72. The van der Waals surface area contributed by atoms with Crippen molar-refractivity contribution in [1.29, 1.82) is 0 Å². The van der Waals surface area contributed by atoms with Crippen LogP contribution in [0.5, 0.6) is 11.5 Å². The molecule has 5 nitrogen and oxygen atoms in total. The van der Waals surface area contributed by atoms with E-state index in [1.807, 2.05) is 53.4 Å². The van der Waals surface area contributed by atoms with Crippen molar-refractivity contribution in [3.63, 3.8) is 0 Å². The Morgan fingerprint density at radius 1 is 1.26 bits per heavy atom. The van der Waals surface area contributed by atoms with E-state index in [9.17, 15) is 9.90 Å². The zero-order valence-corrected chi connectivity index (χ0v) is 12.9. The first-order valence-corrected chi connectivity index (χ1v) is 7.50. The molecular weight excluding hydrogens is 294 g/mol. The highest BCUT2D eigenvalue weighted by molar-refractivity contribution is 5.75. The molecule has 0 amide bonds. The Labute approximate surface area is 135 Å². The van der Waals surface area contributed by atoms with E-state index in [-0.39, 0.29) is 0 Å². The average Bonchev–Trinajstić information content (AvgIpc) is 2.77. The Morgan fingerprint density at radius 3 is 2.74 bits per heavy atom. The quantitative estimate of drug-likeness (QED) is 0.940. The van der Waals surface area contributed by atoms with Crippen molar-refractivity contribution in [2.75, 3.05) is 20.3 Å². The second-order valence-corrected chi connectivity index (χ2v) is 5.44. The highest BCUT2D eigenvalue weighted by Crippen LogP contribution is 2.31. The largest absolute Gasteiger partial charge is 0.497 e. The molecule has 0 radical (unpaired) electrons. The number of benzene rings is 2. The Kier molecular flexibility index (Phi) is 4.48. The van der Waals surface area contributed by atoms with Crippen LogP contribution in [0.4, 0.5) is 0 Å². The van der Waals surface area contributed by atoms with E-state index in [0.29, 0.717) is 19.7 Å². The molecule has 0 aromatic heterocycles. The SMILES string of the molecule is COc1ccc2c(c1)OCCN(C(C(=O)O)c1ccccc1)C2. The summed E-state index contributed by atoms with van der Waals surface area (Å²) in [6, 6.07) is 14.2. The Bertz CT molecular complexity index is 687. The van der Waals surface area contributed by atoms with Gasteiger partial charge in [0, 0.05) is 24.7 Å². The number of aliphatic carboxylic acids is 1. The van der Waals surface area contributed by atoms with Crippen LogP contribution in [0.3, 0.4) is 0 Å². The molecule has 2 aromatic rings. The molecule has 120 valence electrons. The fourth-order valence-electron chi connectivity index (χ4n) is 2.86. The van der Waals surface area contributed by atoms with Gasteiger partial charge in [0.1, 0.15) is 24.1 Å². The highest BCUT2D eigenvalue weighted by atomic mass is 16.5. The minimum absolute atomic E-state index is 0.441. The van der Waals surface area contributed by atoms with Crippen LogP contribution >= 0.6 is 0 Å². The molecule has 0 bridgehead atoms. The summed E-state index contributed by atoms with van der Waals surface area (Å²) < 4.78 is 11.0. The van der Waals surface area contributed by atoms with Gasteiger partial charge in [0.2, 0.25) is 0 Å². The van der Waals surface area contributed by atoms with Gasteiger partial charge in [-0.3, -0.25) is 9.69 Å². The fraction of sp³-hybridized carbons (Fsp3) is 0.278. The molecule has 1 heterocycles. The molecule has 3 rings (SSSR count). The maximum absolute atomic E-state index is 11.8. The number of carbonyl (C=O) groups is 1. The second-order valence-electron chi connectivity index (χ2n) is 5.44. The summed E-state index contributed by atoms with van der Waals surface area (Å²) in [6.45, 7) is 1.50. The van der Waals surface area contributed by atoms with Crippen LogP contribution in [0.15, 0.2) is 48.5 Å². The maximum atomic E-state index is 11.8. The summed E-state index contributed by atoms with van der Waals surface area (Å²) in [5.41, 5.74) is 1.74. The van der Waals surface area contributed by atoms with Gasteiger partial charge in [-0.15, -0.1) is 0 Å². The molecule has 1 unspecified atom stereocenters. The van der Waals surface area contributed by atoms with Crippen LogP contribution in [0.25, 0.3) is 0 Å². The third-order valence-electron chi connectivity index (χ3n) is 4.00. The van der Waals surface area contributed by atoms with Crippen LogP contribution in [-0.2, 0) is 11.3 Å². The number of hydrogen-bond donors (Lipinski definition) is 1. The van der Waals surface area contributed by atoms with Gasteiger partial charge in [0.15, 0.2) is 0 Å². The fourth-order valence-corrected chi connectivity index (χ4v) is 2.86. The number of hydrogen-bond acceptors (Lipinski definition) is 4. The molecule has 5 heteroatoms. The molecule has 0 spiro atoms. The Morgan fingerprint density at radius 2 is 2.04 bits per heavy atom. The predicted molar refractivity (Wildman–Crippen MR) is 85.7 cm³/mol. The summed E-state index contributed by atoms with van der Waals surface area (Å²) in [5, 5.41) is 9.70. The molecule has 2 aromatic carbocycles. The number of rotatable bonds is 4. The summed E-state index contributed by atoms with van der Waals surface area (Å²) in [5.74, 6) is 0.632. The smallest absolute Gasteiger partial charge is 0.325 e. The van der Waals surface area contributed by atoms with E-state index in [2.05, 4.69) is 0 Å². The van der Waals surface area contributed by atoms with Crippen LogP contribution in [0.2, 0.25) is 0 Å². The van der Waals surface area contributed by atoms with E-state index in [1.165, 1.54) is 0 Å². The zero-order chi connectivity index (χ0) is 16.2. The number of fused-ring (bicyclic) bond motifs is 1. The number of nitrogens with zero attached hydrogens (tertiary/aromatic N) is 1. The first-order valence-electron chi connectivity index (χ1n) is 7.50. The van der Waals surface area contributed by atoms with Gasteiger partial charge >= 0.3 is 5.97 Å². The third-order valence-corrected chi connectivity index (χ3v) is 4.00. The van der Waals surface area contributed by atoms with Crippen molar-refractivity contribution in [2.24, 2.45) is 0 Å². The van der Waals surface area contributed by atoms with Gasteiger partial charge in [-0.1, -0.05) is 36.4 Å². The molecule has 1 N–H and O–H groups in total. The molecule has 0 aliphatic carbocycles. The van der Waals surface area contributed by atoms with Crippen molar-refractivity contribution in [3.8, 4) is 11.5 Å². The molecule has 1 aliphatic heterocycles. The lowest BCUT2D eigenvalue weighted by molar-refractivity contribution is -0.144. The van der Waals surface area contributed by atoms with Gasteiger partial charge in [0.25, 0.3) is 0 Å². The second kappa shape index (κ2) is 6.71. The molecule has 1 atom stereocenters. The third kappa shape index (κ3) is 3.29. The lowest BCUT2D eigenvalue weighted by Crippen LogP contribution is -2.35. The van der Waals surface area contributed by atoms with Gasteiger partial charge in [0.05, 0.1) is 7.11 Å². The summed E-state index contributed by atoms with van der Waals surface area (Å²) in [7, 11) is 1.61. The Hall–Kier alpha value is -2.53. The first-order chi connectivity index (χ1) is 11.2. The van der Waals surface area contributed by atoms with E-state index in [4.69, 9.17) is 9.47 Å². The lowest BCUT2D eigenvalue weighted by Gasteiger charge is -2.27.